The summed E-state index contributed by atoms with van der Waals surface area (Å²) in [5, 5.41) is 1.94. The van der Waals surface area contributed by atoms with E-state index in [4.69, 9.17) is 0 Å². The molecule has 1 saturated carbocycles. The summed E-state index contributed by atoms with van der Waals surface area (Å²) in [4.78, 5) is 16.3. The Balaban J connectivity index is 1.57. The van der Waals surface area contributed by atoms with Gasteiger partial charge < -0.3 is 4.90 Å². The molecule has 0 unspecified atom stereocenters. The number of amides is 1. The van der Waals surface area contributed by atoms with Crippen molar-refractivity contribution in [2.75, 3.05) is 6.54 Å². The Hall–Kier alpha value is -2.55. The molecule has 0 N–H and O–H groups in total. The van der Waals surface area contributed by atoms with Gasteiger partial charge in [-0.25, -0.2) is 12.8 Å². The quantitative estimate of drug-likeness (QED) is 0.375. The van der Waals surface area contributed by atoms with Crippen LogP contribution in [0.4, 0.5) is 4.39 Å². The molecule has 0 spiro atoms. The normalized spacial score (nSPS) is 14.3. The van der Waals surface area contributed by atoms with E-state index in [0.29, 0.717) is 6.54 Å². The number of sulfonamides is 1. The van der Waals surface area contributed by atoms with Crippen molar-refractivity contribution in [3.63, 3.8) is 0 Å². The highest BCUT2D eigenvalue weighted by Crippen LogP contribution is 2.33. The summed E-state index contributed by atoms with van der Waals surface area (Å²) < 4.78 is 41.9. The molecular formula is C27H31FN2O3S2. The number of thiophene rings is 1. The molecule has 0 bridgehead atoms. The van der Waals surface area contributed by atoms with Crippen LogP contribution in [0, 0.1) is 5.82 Å². The first kappa shape index (κ1) is 25.5. The van der Waals surface area contributed by atoms with Gasteiger partial charge >= 0.3 is 0 Å². The molecule has 1 fully saturated rings. The van der Waals surface area contributed by atoms with E-state index in [1.54, 1.807) is 29.2 Å². The van der Waals surface area contributed by atoms with Gasteiger partial charge in [-0.1, -0.05) is 51.1 Å². The summed E-state index contributed by atoms with van der Waals surface area (Å²) in [6.07, 6.45) is 1.49. The van der Waals surface area contributed by atoms with Crippen LogP contribution in [-0.2, 0) is 33.3 Å². The number of rotatable bonds is 9. The third kappa shape index (κ3) is 6.37. The van der Waals surface area contributed by atoms with E-state index in [1.807, 2.05) is 29.6 Å². The molecule has 1 aromatic heterocycles. The molecule has 0 radical (unpaired) electrons. The molecule has 3 aromatic rings. The SMILES string of the molecule is CC(C)(C)c1ccc(S(=O)(=O)N(CC(=O)N(Cc2ccc(F)cc2)Cc2cccs2)C2CC2)cc1. The molecule has 8 heteroatoms. The van der Waals surface area contributed by atoms with Crippen LogP contribution in [0.3, 0.4) is 0 Å². The molecule has 35 heavy (non-hydrogen) atoms. The van der Waals surface area contributed by atoms with Crippen LogP contribution < -0.4 is 0 Å². The maximum Gasteiger partial charge on any atom is 0.243 e. The zero-order valence-electron chi connectivity index (χ0n) is 20.3. The highest BCUT2D eigenvalue weighted by Gasteiger charge is 2.40. The van der Waals surface area contributed by atoms with Gasteiger partial charge in [0.25, 0.3) is 0 Å². The van der Waals surface area contributed by atoms with Crippen LogP contribution in [0.2, 0.25) is 0 Å². The van der Waals surface area contributed by atoms with Gasteiger partial charge in [0, 0.05) is 17.5 Å². The predicted molar refractivity (Wildman–Crippen MR) is 137 cm³/mol. The van der Waals surface area contributed by atoms with Crippen molar-refractivity contribution in [2.24, 2.45) is 0 Å². The Kier molecular flexibility index (Phi) is 7.45. The van der Waals surface area contributed by atoms with Gasteiger partial charge in [0.1, 0.15) is 5.82 Å². The molecule has 1 heterocycles. The second-order valence-electron chi connectivity index (χ2n) is 10.0. The number of nitrogens with zero attached hydrogens (tertiary/aromatic N) is 2. The van der Waals surface area contributed by atoms with Crippen LogP contribution in [-0.4, -0.2) is 36.1 Å². The summed E-state index contributed by atoms with van der Waals surface area (Å²) in [5.74, 6) is -0.613. The van der Waals surface area contributed by atoms with Gasteiger partial charge in [-0.3, -0.25) is 4.79 Å². The Bertz CT molecular complexity index is 1250. The van der Waals surface area contributed by atoms with Crippen molar-refractivity contribution < 1.29 is 17.6 Å². The fraction of sp³-hybridized carbons (Fsp3) is 0.370. The van der Waals surface area contributed by atoms with E-state index < -0.39 is 10.0 Å². The zero-order chi connectivity index (χ0) is 25.2. The summed E-state index contributed by atoms with van der Waals surface area (Å²) in [6.45, 7) is 6.65. The van der Waals surface area contributed by atoms with Gasteiger partial charge in [0.15, 0.2) is 0 Å². The maximum absolute atomic E-state index is 13.6. The van der Waals surface area contributed by atoms with Crippen LogP contribution in [0.25, 0.3) is 0 Å². The van der Waals surface area contributed by atoms with Gasteiger partial charge in [0.05, 0.1) is 18.0 Å². The monoisotopic (exact) mass is 514 g/mol. The second-order valence-corrected chi connectivity index (χ2v) is 12.9. The lowest BCUT2D eigenvalue weighted by Crippen LogP contribution is -2.43. The highest BCUT2D eigenvalue weighted by atomic mass is 32.2. The number of halogens is 1. The van der Waals surface area contributed by atoms with E-state index in [0.717, 1.165) is 28.8 Å². The lowest BCUT2D eigenvalue weighted by Gasteiger charge is -2.27. The number of carbonyl (C=O) groups excluding carboxylic acids is 1. The average molecular weight is 515 g/mol. The van der Waals surface area contributed by atoms with Crippen molar-refractivity contribution >= 4 is 27.3 Å². The third-order valence-electron chi connectivity index (χ3n) is 6.14. The van der Waals surface area contributed by atoms with E-state index in [-0.39, 0.29) is 41.2 Å². The molecule has 1 aliphatic rings. The highest BCUT2D eigenvalue weighted by molar-refractivity contribution is 7.89. The first-order valence-corrected chi connectivity index (χ1v) is 14.0. The van der Waals surface area contributed by atoms with E-state index in [9.17, 15) is 17.6 Å². The average Bonchev–Trinajstić information content (AvgIpc) is 3.52. The van der Waals surface area contributed by atoms with E-state index >= 15 is 0 Å². The fourth-order valence-electron chi connectivity index (χ4n) is 3.90. The van der Waals surface area contributed by atoms with Gasteiger partial charge in [-0.05, 0) is 65.1 Å². The van der Waals surface area contributed by atoms with Crippen molar-refractivity contribution in [1.82, 2.24) is 9.21 Å². The molecule has 1 aliphatic carbocycles. The third-order valence-corrected chi connectivity index (χ3v) is 8.91. The molecule has 0 atom stereocenters. The van der Waals surface area contributed by atoms with Gasteiger partial charge in [-0.15, -0.1) is 11.3 Å². The minimum atomic E-state index is -3.83. The number of hydrogen-bond acceptors (Lipinski definition) is 4. The van der Waals surface area contributed by atoms with Crippen molar-refractivity contribution in [2.45, 2.75) is 63.1 Å². The largest absolute Gasteiger partial charge is 0.332 e. The Morgan fingerprint density at radius 3 is 2.20 bits per heavy atom. The lowest BCUT2D eigenvalue weighted by atomic mass is 9.87. The zero-order valence-corrected chi connectivity index (χ0v) is 21.9. The number of benzene rings is 2. The second kappa shape index (κ2) is 10.2. The van der Waals surface area contributed by atoms with Crippen LogP contribution in [0.5, 0.6) is 0 Å². The summed E-state index contributed by atoms with van der Waals surface area (Å²) in [7, 11) is -3.83. The molecule has 5 nitrogen and oxygen atoms in total. The minimum Gasteiger partial charge on any atom is -0.332 e. The summed E-state index contributed by atoms with van der Waals surface area (Å²) >= 11 is 1.54. The Labute approximate surface area is 211 Å². The molecular weight excluding hydrogens is 483 g/mol. The predicted octanol–water partition coefficient (Wildman–Crippen LogP) is 5.57. The fourth-order valence-corrected chi connectivity index (χ4v) is 6.26. The number of hydrogen-bond donors (Lipinski definition) is 0. The minimum absolute atomic E-state index is 0.0862. The van der Waals surface area contributed by atoms with E-state index in [1.165, 1.54) is 27.8 Å². The first-order chi connectivity index (χ1) is 16.5. The molecule has 0 saturated heterocycles. The van der Waals surface area contributed by atoms with Crippen molar-refractivity contribution in [3.8, 4) is 0 Å². The number of carbonyl (C=O) groups is 1. The molecule has 1 amide bonds. The van der Waals surface area contributed by atoms with Crippen molar-refractivity contribution in [3.05, 3.63) is 87.9 Å². The van der Waals surface area contributed by atoms with Crippen LogP contribution in [0.15, 0.2) is 70.9 Å². The molecule has 4 rings (SSSR count). The van der Waals surface area contributed by atoms with E-state index in [2.05, 4.69) is 20.8 Å². The van der Waals surface area contributed by atoms with Crippen LogP contribution in [0.1, 0.15) is 49.6 Å². The smallest absolute Gasteiger partial charge is 0.243 e. The van der Waals surface area contributed by atoms with Gasteiger partial charge in [0.2, 0.25) is 15.9 Å². The molecule has 2 aromatic carbocycles. The van der Waals surface area contributed by atoms with Crippen LogP contribution >= 0.6 is 11.3 Å². The molecule has 0 aliphatic heterocycles. The Morgan fingerprint density at radius 2 is 1.66 bits per heavy atom. The molecule has 186 valence electrons. The summed E-state index contributed by atoms with van der Waals surface area (Å²) in [6, 6.07) is 16.7. The topological polar surface area (TPSA) is 57.7 Å². The standard InChI is InChI=1S/C27H31FN2O3S2/c1-27(2,3)21-8-14-25(15-9-21)35(32,33)30(23-12-13-23)19-26(31)29(18-24-5-4-16-34-24)17-20-6-10-22(28)11-7-20/h4-11,14-16,23H,12-13,17-19H2,1-3H3. The Morgan fingerprint density at radius 1 is 1.00 bits per heavy atom. The summed E-state index contributed by atoms with van der Waals surface area (Å²) in [5.41, 5.74) is 1.75. The first-order valence-electron chi connectivity index (χ1n) is 11.7. The van der Waals surface area contributed by atoms with Crippen molar-refractivity contribution in [1.29, 1.82) is 0 Å². The van der Waals surface area contributed by atoms with Gasteiger partial charge in [-0.2, -0.15) is 4.31 Å². The lowest BCUT2D eigenvalue weighted by molar-refractivity contribution is -0.132. The maximum atomic E-state index is 13.6.